The smallest absolute Gasteiger partial charge is 0.314 e. The highest BCUT2D eigenvalue weighted by molar-refractivity contribution is 5.73. The second kappa shape index (κ2) is 6.41. The van der Waals surface area contributed by atoms with Gasteiger partial charge in [0, 0.05) is 13.1 Å². The molecule has 4 nitrogen and oxygen atoms in total. The van der Waals surface area contributed by atoms with Crippen LogP contribution in [-0.2, 0) is 0 Å². The van der Waals surface area contributed by atoms with E-state index in [1.165, 1.54) is 25.7 Å². The zero-order chi connectivity index (χ0) is 12.8. The number of hydrogen-bond acceptors (Lipinski definition) is 2. The van der Waals surface area contributed by atoms with Crippen molar-refractivity contribution in [2.24, 2.45) is 5.92 Å². The lowest BCUT2D eigenvalue weighted by atomic mass is 9.83. The molecule has 3 N–H and O–H groups in total. The molecule has 0 aromatic heterocycles. The maximum atomic E-state index is 11.6. The Bertz CT molecular complexity index is 271. The van der Waals surface area contributed by atoms with Crippen LogP contribution < -0.4 is 10.6 Å². The summed E-state index contributed by atoms with van der Waals surface area (Å²) in [6, 6.07) is -0.131. The Morgan fingerprint density at radius 1 is 1.11 bits per heavy atom. The van der Waals surface area contributed by atoms with Crippen LogP contribution in [0.4, 0.5) is 4.79 Å². The first-order valence-electron chi connectivity index (χ1n) is 7.42. The monoisotopic (exact) mass is 254 g/mol. The summed E-state index contributed by atoms with van der Waals surface area (Å²) in [6.07, 6.45) is 10.1. The first-order valence-corrected chi connectivity index (χ1v) is 7.42. The Balaban J connectivity index is 1.55. The second-order valence-corrected chi connectivity index (χ2v) is 5.98. The standard InChI is InChI=1S/C14H26N2O2/c17-13(15-10-7-12-5-4-6-12)16-11-14(18)8-2-1-3-9-14/h12,18H,1-11H2,(H2,15,16,17). The van der Waals surface area contributed by atoms with Crippen LogP contribution in [0, 0.1) is 5.92 Å². The van der Waals surface area contributed by atoms with Gasteiger partial charge in [-0.1, -0.05) is 38.5 Å². The van der Waals surface area contributed by atoms with Crippen molar-refractivity contribution in [2.45, 2.75) is 63.4 Å². The number of amides is 2. The number of rotatable bonds is 5. The first kappa shape index (κ1) is 13.7. The summed E-state index contributed by atoms with van der Waals surface area (Å²) in [5, 5.41) is 15.9. The summed E-state index contributed by atoms with van der Waals surface area (Å²) in [5.41, 5.74) is -0.663. The number of carbonyl (C=O) groups excluding carboxylic acids is 1. The normalized spacial score (nSPS) is 23.2. The van der Waals surface area contributed by atoms with E-state index in [9.17, 15) is 9.90 Å². The van der Waals surface area contributed by atoms with Crippen molar-refractivity contribution in [3.8, 4) is 0 Å². The topological polar surface area (TPSA) is 61.4 Å². The van der Waals surface area contributed by atoms with Crippen molar-refractivity contribution in [1.29, 1.82) is 0 Å². The minimum atomic E-state index is -0.663. The van der Waals surface area contributed by atoms with Gasteiger partial charge in [0.05, 0.1) is 5.60 Å². The van der Waals surface area contributed by atoms with E-state index in [-0.39, 0.29) is 6.03 Å². The van der Waals surface area contributed by atoms with Crippen LogP contribution in [-0.4, -0.2) is 29.8 Å². The van der Waals surface area contributed by atoms with Crippen LogP contribution in [0.1, 0.15) is 57.8 Å². The van der Waals surface area contributed by atoms with Gasteiger partial charge in [-0.05, 0) is 25.2 Å². The van der Waals surface area contributed by atoms with Gasteiger partial charge in [-0.25, -0.2) is 4.79 Å². The lowest BCUT2D eigenvalue weighted by Crippen LogP contribution is -2.47. The average molecular weight is 254 g/mol. The van der Waals surface area contributed by atoms with Gasteiger partial charge in [-0.3, -0.25) is 0 Å². The van der Waals surface area contributed by atoms with Crippen molar-refractivity contribution >= 4 is 6.03 Å². The molecule has 2 aliphatic carbocycles. The summed E-state index contributed by atoms with van der Waals surface area (Å²) in [6.45, 7) is 1.15. The zero-order valence-electron chi connectivity index (χ0n) is 11.2. The van der Waals surface area contributed by atoms with Gasteiger partial charge in [-0.2, -0.15) is 0 Å². The van der Waals surface area contributed by atoms with Crippen molar-refractivity contribution in [3.05, 3.63) is 0 Å². The molecule has 0 unspecified atom stereocenters. The summed E-state index contributed by atoms with van der Waals surface area (Å²) in [7, 11) is 0. The lowest BCUT2D eigenvalue weighted by molar-refractivity contribution is 0.00719. The van der Waals surface area contributed by atoms with Gasteiger partial charge < -0.3 is 15.7 Å². The molecule has 18 heavy (non-hydrogen) atoms. The third kappa shape index (κ3) is 4.16. The molecule has 0 bridgehead atoms. The van der Waals surface area contributed by atoms with Crippen LogP contribution in [0.25, 0.3) is 0 Å². The average Bonchev–Trinajstić information content (AvgIpc) is 2.31. The molecule has 104 valence electrons. The molecule has 0 radical (unpaired) electrons. The van der Waals surface area contributed by atoms with Gasteiger partial charge in [0.1, 0.15) is 0 Å². The summed E-state index contributed by atoms with van der Waals surface area (Å²) in [4.78, 5) is 11.6. The SMILES string of the molecule is O=C(NCCC1CCC1)NCC1(O)CCCCC1. The Morgan fingerprint density at radius 3 is 2.44 bits per heavy atom. The molecule has 2 aliphatic rings. The van der Waals surface area contributed by atoms with Gasteiger partial charge in [0.25, 0.3) is 0 Å². The number of aliphatic hydroxyl groups is 1. The number of hydrogen-bond donors (Lipinski definition) is 3. The van der Waals surface area contributed by atoms with E-state index in [2.05, 4.69) is 10.6 Å². The van der Waals surface area contributed by atoms with Crippen molar-refractivity contribution in [3.63, 3.8) is 0 Å². The minimum Gasteiger partial charge on any atom is -0.388 e. The Morgan fingerprint density at radius 2 is 1.83 bits per heavy atom. The molecule has 2 saturated carbocycles. The van der Waals surface area contributed by atoms with E-state index >= 15 is 0 Å². The van der Waals surface area contributed by atoms with E-state index in [0.29, 0.717) is 6.54 Å². The molecule has 0 saturated heterocycles. The summed E-state index contributed by atoms with van der Waals surface area (Å²) in [5.74, 6) is 0.827. The second-order valence-electron chi connectivity index (χ2n) is 5.98. The lowest BCUT2D eigenvalue weighted by Gasteiger charge is -2.32. The Kier molecular flexibility index (Phi) is 4.87. The Hall–Kier alpha value is -0.770. The van der Waals surface area contributed by atoms with Crippen molar-refractivity contribution < 1.29 is 9.90 Å². The van der Waals surface area contributed by atoms with Crippen LogP contribution in [0.3, 0.4) is 0 Å². The highest BCUT2D eigenvalue weighted by atomic mass is 16.3. The molecule has 0 spiro atoms. The molecule has 0 heterocycles. The van der Waals surface area contributed by atoms with Crippen LogP contribution in [0.15, 0.2) is 0 Å². The molecular weight excluding hydrogens is 228 g/mol. The third-order valence-corrected chi connectivity index (χ3v) is 4.43. The van der Waals surface area contributed by atoms with Gasteiger partial charge in [0.15, 0.2) is 0 Å². The molecule has 2 fully saturated rings. The summed E-state index contributed by atoms with van der Waals surface area (Å²) < 4.78 is 0. The molecule has 0 aromatic carbocycles. The fraction of sp³-hybridized carbons (Fsp3) is 0.929. The number of urea groups is 1. The minimum absolute atomic E-state index is 0.131. The number of nitrogens with one attached hydrogen (secondary N) is 2. The maximum absolute atomic E-state index is 11.6. The fourth-order valence-electron chi connectivity index (χ4n) is 2.87. The highest BCUT2D eigenvalue weighted by Crippen LogP contribution is 2.29. The Labute approximate surface area is 110 Å². The van der Waals surface area contributed by atoms with Crippen LogP contribution in [0.2, 0.25) is 0 Å². The molecule has 2 rings (SSSR count). The number of carbonyl (C=O) groups is 1. The molecule has 2 amide bonds. The third-order valence-electron chi connectivity index (χ3n) is 4.43. The van der Waals surface area contributed by atoms with E-state index in [1.807, 2.05) is 0 Å². The molecule has 0 aliphatic heterocycles. The van der Waals surface area contributed by atoms with Crippen molar-refractivity contribution in [2.75, 3.05) is 13.1 Å². The van der Waals surface area contributed by atoms with Crippen LogP contribution >= 0.6 is 0 Å². The van der Waals surface area contributed by atoms with E-state index in [4.69, 9.17) is 0 Å². The first-order chi connectivity index (χ1) is 8.68. The molecule has 0 aromatic rings. The van der Waals surface area contributed by atoms with E-state index in [0.717, 1.165) is 44.6 Å². The van der Waals surface area contributed by atoms with Gasteiger partial charge in [-0.15, -0.1) is 0 Å². The van der Waals surface area contributed by atoms with Gasteiger partial charge in [0.2, 0.25) is 0 Å². The predicted octanol–water partition coefficient (Wildman–Crippen LogP) is 2.17. The maximum Gasteiger partial charge on any atom is 0.314 e. The fourth-order valence-corrected chi connectivity index (χ4v) is 2.87. The molecule has 0 atom stereocenters. The van der Waals surface area contributed by atoms with Crippen molar-refractivity contribution in [1.82, 2.24) is 10.6 Å². The predicted molar refractivity (Wildman–Crippen MR) is 71.4 cm³/mol. The zero-order valence-corrected chi connectivity index (χ0v) is 11.2. The van der Waals surface area contributed by atoms with E-state index < -0.39 is 5.60 Å². The summed E-state index contributed by atoms with van der Waals surface area (Å²) >= 11 is 0. The van der Waals surface area contributed by atoms with E-state index in [1.54, 1.807) is 0 Å². The van der Waals surface area contributed by atoms with Gasteiger partial charge >= 0.3 is 6.03 Å². The largest absolute Gasteiger partial charge is 0.388 e. The van der Waals surface area contributed by atoms with Crippen LogP contribution in [0.5, 0.6) is 0 Å². The highest BCUT2D eigenvalue weighted by Gasteiger charge is 2.29. The molecule has 4 heteroatoms. The quantitative estimate of drug-likeness (QED) is 0.704. The molecular formula is C14H26N2O2.